The minimum Gasteiger partial charge on any atom is -0.496 e. The van der Waals surface area contributed by atoms with Crippen LogP contribution in [0, 0.1) is 5.82 Å². The number of carbonyl (C=O) groups excluding carboxylic acids is 3. The molecular weight excluding hydrogens is 497 g/mol. The van der Waals surface area contributed by atoms with E-state index in [0.29, 0.717) is 34.8 Å². The second-order valence-electron chi connectivity index (χ2n) is 9.06. The van der Waals surface area contributed by atoms with Crippen LogP contribution in [0.3, 0.4) is 0 Å². The Kier molecular flexibility index (Phi) is 8.49. The van der Waals surface area contributed by atoms with Crippen LogP contribution < -0.4 is 21.5 Å². The van der Waals surface area contributed by atoms with Crippen LogP contribution in [0.25, 0.3) is 0 Å². The number of hydrogen-bond acceptors (Lipinski definition) is 7. The van der Waals surface area contributed by atoms with E-state index in [9.17, 15) is 18.8 Å². The summed E-state index contributed by atoms with van der Waals surface area (Å²) in [5, 5.41) is 2.98. The molecule has 3 aromatic rings. The molecule has 3 rings (SSSR count). The average molecular weight is 528 g/mol. The number of nitrogen functional groups attached to an aromatic ring is 1. The van der Waals surface area contributed by atoms with Gasteiger partial charge < -0.3 is 26.4 Å². The van der Waals surface area contributed by atoms with Gasteiger partial charge in [-0.25, -0.2) is 4.39 Å². The van der Waals surface area contributed by atoms with Crippen molar-refractivity contribution in [3.05, 3.63) is 76.0 Å². The third-order valence-electron chi connectivity index (χ3n) is 6.04. The minimum absolute atomic E-state index is 0.0432. The first kappa shape index (κ1) is 27.6. The van der Waals surface area contributed by atoms with E-state index < -0.39 is 35.1 Å². The number of carbonyl (C=O) groups is 3. The first-order valence-corrected chi connectivity index (χ1v) is 12.3. The molecule has 196 valence electrons. The first-order chi connectivity index (χ1) is 17.5. The van der Waals surface area contributed by atoms with Crippen molar-refractivity contribution in [3.8, 4) is 5.75 Å². The predicted octanol–water partition coefficient (Wildman–Crippen LogP) is 3.66. The van der Waals surface area contributed by atoms with Gasteiger partial charge in [-0.2, -0.15) is 4.37 Å². The largest absolute Gasteiger partial charge is 0.496 e. The standard InChI is InChI=1S/C26H30FN5O4S/c1-5-26(2,3)30-24(34)21(15-10-12-17(27)13-11-15)32(14-16-8-6-7-9-18(16)36-4)25(35)22-19(28)20(23(29)33)31-37-22/h6-13,21H,5,14,28H2,1-4H3,(H2,29,33)(H,30,34)/t21-/m0/s1. The number of rotatable bonds is 10. The number of aromatic nitrogens is 1. The molecule has 2 aromatic carbocycles. The van der Waals surface area contributed by atoms with Crippen molar-refractivity contribution >= 4 is 34.9 Å². The smallest absolute Gasteiger partial charge is 0.270 e. The summed E-state index contributed by atoms with van der Waals surface area (Å²) in [5.41, 5.74) is 11.4. The molecule has 5 N–H and O–H groups in total. The van der Waals surface area contributed by atoms with Crippen LogP contribution in [0.15, 0.2) is 48.5 Å². The first-order valence-electron chi connectivity index (χ1n) is 11.5. The second kappa shape index (κ2) is 11.4. The molecule has 0 spiro atoms. The zero-order valence-electron chi connectivity index (χ0n) is 21.1. The molecule has 0 bridgehead atoms. The van der Waals surface area contributed by atoms with Crippen LogP contribution in [0.4, 0.5) is 10.1 Å². The number of ether oxygens (including phenoxy) is 1. The zero-order valence-corrected chi connectivity index (χ0v) is 21.9. The van der Waals surface area contributed by atoms with Crippen molar-refractivity contribution in [1.29, 1.82) is 0 Å². The maximum absolute atomic E-state index is 14.0. The van der Waals surface area contributed by atoms with E-state index in [0.717, 1.165) is 0 Å². The van der Waals surface area contributed by atoms with Crippen LogP contribution in [-0.2, 0) is 11.3 Å². The highest BCUT2D eigenvalue weighted by Crippen LogP contribution is 2.32. The van der Waals surface area contributed by atoms with Gasteiger partial charge in [0.1, 0.15) is 22.5 Å². The summed E-state index contributed by atoms with van der Waals surface area (Å²) in [6, 6.07) is 11.2. The molecule has 0 aliphatic rings. The monoisotopic (exact) mass is 527 g/mol. The summed E-state index contributed by atoms with van der Waals surface area (Å²) in [6.07, 6.45) is 0.624. The molecule has 0 saturated carbocycles. The maximum Gasteiger partial charge on any atom is 0.270 e. The molecule has 0 unspecified atom stereocenters. The number of hydrogen-bond donors (Lipinski definition) is 3. The van der Waals surface area contributed by atoms with Gasteiger partial charge in [0.2, 0.25) is 5.91 Å². The van der Waals surface area contributed by atoms with E-state index >= 15 is 0 Å². The summed E-state index contributed by atoms with van der Waals surface area (Å²) < 4.78 is 23.2. The number of anilines is 1. The number of para-hydroxylation sites is 1. The Labute approximate surface area is 218 Å². The topological polar surface area (TPSA) is 141 Å². The quantitative estimate of drug-likeness (QED) is 0.368. The second-order valence-corrected chi connectivity index (χ2v) is 9.84. The molecule has 0 aliphatic heterocycles. The van der Waals surface area contributed by atoms with E-state index in [-0.39, 0.29) is 22.8 Å². The van der Waals surface area contributed by atoms with Crippen molar-refractivity contribution in [3.63, 3.8) is 0 Å². The molecule has 0 radical (unpaired) electrons. The lowest BCUT2D eigenvalue weighted by Gasteiger charge is -2.34. The summed E-state index contributed by atoms with van der Waals surface area (Å²) in [7, 11) is 1.50. The van der Waals surface area contributed by atoms with Crippen molar-refractivity contribution < 1.29 is 23.5 Å². The predicted molar refractivity (Wildman–Crippen MR) is 140 cm³/mol. The third kappa shape index (κ3) is 6.23. The Balaban J connectivity index is 2.20. The van der Waals surface area contributed by atoms with E-state index in [4.69, 9.17) is 16.2 Å². The van der Waals surface area contributed by atoms with Crippen LogP contribution in [0.5, 0.6) is 5.75 Å². The fourth-order valence-electron chi connectivity index (χ4n) is 3.67. The number of primary amides is 1. The molecule has 0 fully saturated rings. The fourth-order valence-corrected chi connectivity index (χ4v) is 4.43. The van der Waals surface area contributed by atoms with Crippen molar-refractivity contribution in [2.75, 3.05) is 12.8 Å². The highest BCUT2D eigenvalue weighted by atomic mass is 32.1. The zero-order chi connectivity index (χ0) is 27.3. The molecule has 11 heteroatoms. The summed E-state index contributed by atoms with van der Waals surface area (Å²) in [5.74, 6) is -1.98. The Morgan fingerprint density at radius 3 is 2.38 bits per heavy atom. The number of amides is 3. The normalized spacial score (nSPS) is 12.0. The van der Waals surface area contributed by atoms with Crippen LogP contribution >= 0.6 is 11.5 Å². The van der Waals surface area contributed by atoms with Crippen LogP contribution in [-0.4, -0.2) is 39.6 Å². The molecule has 3 amide bonds. The molecule has 0 aliphatic carbocycles. The van der Waals surface area contributed by atoms with Gasteiger partial charge in [-0.3, -0.25) is 14.4 Å². The van der Waals surface area contributed by atoms with Crippen molar-refractivity contribution in [2.24, 2.45) is 5.73 Å². The summed E-state index contributed by atoms with van der Waals surface area (Å²) in [6.45, 7) is 5.58. The van der Waals surface area contributed by atoms with Gasteiger partial charge >= 0.3 is 0 Å². The van der Waals surface area contributed by atoms with Gasteiger partial charge in [0.05, 0.1) is 19.3 Å². The van der Waals surface area contributed by atoms with Gasteiger partial charge in [-0.1, -0.05) is 37.3 Å². The van der Waals surface area contributed by atoms with E-state index in [1.165, 1.54) is 36.3 Å². The highest BCUT2D eigenvalue weighted by Gasteiger charge is 2.37. The Morgan fingerprint density at radius 2 is 1.81 bits per heavy atom. The molecule has 1 heterocycles. The van der Waals surface area contributed by atoms with E-state index in [1.807, 2.05) is 20.8 Å². The molecule has 1 aromatic heterocycles. The van der Waals surface area contributed by atoms with Crippen LogP contribution in [0.2, 0.25) is 0 Å². The number of halogens is 1. The number of nitrogens with zero attached hydrogens (tertiary/aromatic N) is 2. The summed E-state index contributed by atoms with van der Waals surface area (Å²) in [4.78, 5) is 40.8. The SMILES string of the molecule is CCC(C)(C)NC(=O)[C@H](c1ccc(F)cc1)N(Cc1ccccc1OC)C(=O)c1snc(C(N)=O)c1N. The number of nitrogens with two attached hydrogens (primary N) is 2. The third-order valence-corrected chi connectivity index (χ3v) is 6.89. The van der Waals surface area contributed by atoms with E-state index in [2.05, 4.69) is 9.69 Å². The van der Waals surface area contributed by atoms with Gasteiger partial charge in [0, 0.05) is 11.1 Å². The lowest BCUT2D eigenvalue weighted by molar-refractivity contribution is -0.127. The lowest BCUT2D eigenvalue weighted by atomic mass is 9.98. The van der Waals surface area contributed by atoms with E-state index in [1.54, 1.807) is 24.3 Å². The molecule has 0 saturated heterocycles. The number of methoxy groups -OCH3 is 1. The number of nitrogens with one attached hydrogen (secondary N) is 1. The molecule has 1 atom stereocenters. The summed E-state index contributed by atoms with van der Waals surface area (Å²) >= 11 is 0.716. The van der Waals surface area contributed by atoms with Gasteiger partial charge in [0.15, 0.2) is 5.69 Å². The van der Waals surface area contributed by atoms with Crippen molar-refractivity contribution in [2.45, 2.75) is 45.3 Å². The maximum atomic E-state index is 14.0. The Bertz CT molecular complexity index is 1290. The molecule has 37 heavy (non-hydrogen) atoms. The van der Waals surface area contributed by atoms with Crippen LogP contribution in [0.1, 0.15) is 64.5 Å². The fraction of sp³-hybridized carbons (Fsp3) is 0.308. The Hall–Kier alpha value is -3.99. The molecule has 9 nitrogen and oxygen atoms in total. The minimum atomic E-state index is -1.18. The Morgan fingerprint density at radius 1 is 1.16 bits per heavy atom. The van der Waals surface area contributed by atoms with Gasteiger partial charge in [0.25, 0.3) is 11.8 Å². The highest BCUT2D eigenvalue weighted by molar-refractivity contribution is 7.09. The number of benzene rings is 2. The van der Waals surface area contributed by atoms with Crippen molar-refractivity contribution in [1.82, 2.24) is 14.6 Å². The van der Waals surface area contributed by atoms with Gasteiger partial charge in [-0.05, 0) is 55.6 Å². The van der Waals surface area contributed by atoms with Gasteiger partial charge in [-0.15, -0.1) is 0 Å². The average Bonchev–Trinajstić information content (AvgIpc) is 3.25. The lowest BCUT2D eigenvalue weighted by Crippen LogP contribution is -2.50. The molecular formula is C26H30FN5O4S.